The lowest BCUT2D eigenvalue weighted by atomic mass is 9.31. The molecule has 11 heavy (non-hydrogen) atoms. The van der Waals surface area contributed by atoms with Gasteiger partial charge in [0.05, 0.1) is 7.85 Å². The van der Waals surface area contributed by atoms with Gasteiger partial charge in [0.1, 0.15) is 0 Å². The van der Waals surface area contributed by atoms with E-state index in [-0.39, 0.29) is 0 Å². The maximum absolute atomic E-state index is 5.83. The predicted molar refractivity (Wildman–Crippen MR) is 48.7 cm³/mol. The van der Waals surface area contributed by atoms with Gasteiger partial charge in [-0.25, -0.2) is 0 Å². The van der Waals surface area contributed by atoms with Gasteiger partial charge in [0.15, 0.2) is 0 Å². The van der Waals surface area contributed by atoms with Gasteiger partial charge in [0.2, 0.25) is 0 Å². The van der Waals surface area contributed by atoms with E-state index in [4.69, 9.17) is 7.85 Å². The molecule has 3 unspecified atom stereocenters. The van der Waals surface area contributed by atoms with E-state index in [1.165, 1.54) is 25.7 Å². The van der Waals surface area contributed by atoms with E-state index in [2.05, 4.69) is 13.8 Å². The Kier molecular flexibility index (Phi) is 1.44. The maximum atomic E-state index is 5.83. The molecule has 0 aromatic rings. The molecule has 0 spiro atoms. The Morgan fingerprint density at radius 2 is 2.18 bits per heavy atom. The summed E-state index contributed by atoms with van der Waals surface area (Å²) in [6.45, 7) is 4.73. The number of rotatable bonds is 2. The van der Waals surface area contributed by atoms with E-state index in [1.807, 2.05) is 0 Å². The highest BCUT2D eigenvalue weighted by Gasteiger charge is 2.66. The van der Waals surface area contributed by atoms with Crippen molar-refractivity contribution >= 4 is 7.85 Å². The van der Waals surface area contributed by atoms with Crippen molar-refractivity contribution in [1.29, 1.82) is 0 Å². The summed E-state index contributed by atoms with van der Waals surface area (Å²) in [6.07, 6.45) is 6.54. The van der Waals surface area contributed by atoms with Gasteiger partial charge in [-0.2, -0.15) is 0 Å². The molecular weight excluding hydrogens is 131 g/mol. The van der Waals surface area contributed by atoms with Crippen LogP contribution in [0.3, 0.4) is 0 Å². The van der Waals surface area contributed by atoms with Crippen LogP contribution in [0.4, 0.5) is 0 Å². The van der Waals surface area contributed by atoms with Crippen LogP contribution in [-0.2, 0) is 0 Å². The highest BCUT2D eigenvalue weighted by molar-refractivity contribution is 6.09. The molecule has 2 aliphatic rings. The molecule has 0 aromatic heterocycles. The van der Waals surface area contributed by atoms with Crippen molar-refractivity contribution in [3.8, 4) is 0 Å². The molecule has 60 valence electrons. The van der Waals surface area contributed by atoms with Crippen molar-refractivity contribution in [2.24, 2.45) is 16.7 Å². The Morgan fingerprint density at radius 1 is 1.45 bits per heavy atom. The third kappa shape index (κ3) is 0.599. The van der Waals surface area contributed by atoms with Crippen LogP contribution in [0, 0.1) is 16.7 Å². The lowest BCUT2D eigenvalue weighted by Gasteiger charge is -2.73. The lowest BCUT2D eigenvalue weighted by Crippen LogP contribution is -2.64. The standard InChI is InChI=1S/C10H17B/c1-3-10-5-4-9(10,7-11)6-8(10)2/h8H,3-7H2,1-2H3. The van der Waals surface area contributed by atoms with Gasteiger partial charge in [0.25, 0.3) is 0 Å². The molecule has 0 N–H and O–H groups in total. The SMILES string of the molecule is [B]CC12CCC1(CC)C(C)C2. The van der Waals surface area contributed by atoms with Crippen molar-refractivity contribution in [3.63, 3.8) is 0 Å². The van der Waals surface area contributed by atoms with Gasteiger partial charge in [0, 0.05) is 0 Å². The van der Waals surface area contributed by atoms with Crippen LogP contribution in [0.15, 0.2) is 0 Å². The second kappa shape index (κ2) is 2.05. The Hall–Kier alpha value is 0.0649. The minimum absolute atomic E-state index is 0.598. The first kappa shape index (κ1) is 7.70. The van der Waals surface area contributed by atoms with Crippen molar-refractivity contribution in [3.05, 3.63) is 0 Å². The van der Waals surface area contributed by atoms with Crippen molar-refractivity contribution in [1.82, 2.24) is 0 Å². The van der Waals surface area contributed by atoms with Gasteiger partial charge >= 0.3 is 0 Å². The van der Waals surface area contributed by atoms with Gasteiger partial charge in [-0.15, -0.1) is 0 Å². The molecule has 3 atom stereocenters. The normalized spacial score (nSPS) is 54.2. The molecule has 0 nitrogen and oxygen atoms in total. The fraction of sp³-hybridized carbons (Fsp3) is 1.00. The fourth-order valence-electron chi connectivity index (χ4n) is 3.81. The van der Waals surface area contributed by atoms with Crippen LogP contribution in [0.1, 0.15) is 39.5 Å². The van der Waals surface area contributed by atoms with Gasteiger partial charge in [-0.1, -0.05) is 20.2 Å². The van der Waals surface area contributed by atoms with Gasteiger partial charge in [-0.3, -0.25) is 0 Å². The second-order valence-corrected chi connectivity index (χ2v) is 4.60. The largest absolute Gasteiger partial charge is 0.0826 e. The zero-order chi connectivity index (χ0) is 8.11. The zero-order valence-corrected chi connectivity index (χ0v) is 7.69. The smallest absolute Gasteiger partial charge is 0.0660 e. The Morgan fingerprint density at radius 3 is 2.36 bits per heavy atom. The molecule has 0 amide bonds. The van der Waals surface area contributed by atoms with E-state index >= 15 is 0 Å². The molecule has 2 fully saturated rings. The Balaban J connectivity index is 2.18. The monoisotopic (exact) mass is 148 g/mol. The summed E-state index contributed by atoms with van der Waals surface area (Å²) in [5.74, 6) is 0.949. The number of hydrogen-bond acceptors (Lipinski definition) is 0. The molecule has 0 heterocycles. The van der Waals surface area contributed by atoms with Crippen LogP contribution in [0.25, 0.3) is 0 Å². The maximum Gasteiger partial charge on any atom is 0.0660 e. The zero-order valence-electron chi connectivity index (χ0n) is 7.69. The minimum atomic E-state index is 0.598. The summed E-state index contributed by atoms with van der Waals surface area (Å²) in [4.78, 5) is 0. The molecule has 0 saturated heterocycles. The molecule has 2 saturated carbocycles. The topological polar surface area (TPSA) is 0 Å². The van der Waals surface area contributed by atoms with E-state index in [1.54, 1.807) is 0 Å². The number of fused-ring (bicyclic) bond motifs is 1. The van der Waals surface area contributed by atoms with Crippen LogP contribution in [0.2, 0.25) is 6.32 Å². The van der Waals surface area contributed by atoms with E-state index in [9.17, 15) is 0 Å². The summed E-state index contributed by atoms with van der Waals surface area (Å²) < 4.78 is 0. The number of hydrogen-bond donors (Lipinski definition) is 0. The highest BCUT2D eigenvalue weighted by atomic mass is 14.7. The Labute approximate surface area is 71.2 Å². The summed E-state index contributed by atoms with van der Waals surface area (Å²) >= 11 is 0. The van der Waals surface area contributed by atoms with Crippen molar-refractivity contribution < 1.29 is 0 Å². The lowest BCUT2D eigenvalue weighted by molar-refractivity contribution is -0.216. The summed E-state index contributed by atoms with van der Waals surface area (Å²) in [5, 5.41) is 0. The second-order valence-electron chi connectivity index (χ2n) is 4.60. The quantitative estimate of drug-likeness (QED) is 0.528. The minimum Gasteiger partial charge on any atom is -0.0826 e. The average Bonchev–Trinajstić information content (AvgIpc) is 2.00. The first-order valence-corrected chi connectivity index (χ1v) is 4.91. The predicted octanol–water partition coefficient (Wildman–Crippen LogP) is 2.79. The third-order valence-corrected chi connectivity index (χ3v) is 4.77. The molecule has 2 radical (unpaired) electrons. The van der Waals surface area contributed by atoms with Crippen LogP contribution >= 0.6 is 0 Å². The summed E-state index contributed by atoms with van der Waals surface area (Å²) in [6, 6.07) is 0. The molecule has 0 bridgehead atoms. The van der Waals surface area contributed by atoms with Gasteiger partial charge in [-0.05, 0) is 42.4 Å². The summed E-state index contributed by atoms with van der Waals surface area (Å²) in [5.41, 5.74) is 1.28. The van der Waals surface area contributed by atoms with Crippen LogP contribution in [-0.4, -0.2) is 7.85 Å². The van der Waals surface area contributed by atoms with E-state index in [0.717, 1.165) is 12.2 Å². The molecule has 0 aromatic carbocycles. The molecule has 2 aliphatic carbocycles. The van der Waals surface area contributed by atoms with Crippen molar-refractivity contribution in [2.45, 2.75) is 45.9 Å². The fourth-order valence-corrected chi connectivity index (χ4v) is 3.81. The van der Waals surface area contributed by atoms with E-state index < -0.39 is 0 Å². The van der Waals surface area contributed by atoms with Gasteiger partial charge < -0.3 is 0 Å². The summed E-state index contributed by atoms with van der Waals surface area (Å²) in [7, 11) is 5.83. The Bertz CT molecular complexity index is 170. The van der Waals surface area contributed by atoms with Crippen molar-refractivity contribution in [2.75, 3.05) is 0 Å². The average molecular weight is 148 g/mol. The molecule has 1 heteroatoms. The molecule has 0 aliphatic heterocycles. The first-order chi connectivity index (χ1) is 5.21. The molecular formula is C10H17B. The first-order valence-electron chi connectivity index (χ1n) is 4.91. The highest BCUT2D eigenvalue weighted by Crippen LogP contribution is 2.75. The van der Waals surface area contributed by atoms with Crippen LogP contribution < -0.4 is 0 Å². The van der Waals surface area contributed by atoms with Crippen LogP contribution in [0.5, 0.6) is 0 Å². The molecule has 2 rings (SSSR count). The van der Waals surface area contributed by atoms with E-state index in [0.29, 0.717) is 10.8 Å². The third-order valence-electron chi connectivity index (χ3n) is 4.77.